The van der Waals surface area contributed by atoms with Gasteiger partial charge in [0.15, 0.2) is 0 Å². The van der Waals surface area contributed by atoms with Crippen LogP contribution in [0.15, 0.2) is 22.9 Å². The minimum Gasteiger partial charge on any atom is -0.316 e. The van der Waals surface area contributed by atoms with Crippen LogP contribution in [0.5, 0.6) is 0 Å². The van der Waals surface area contributed by atoms with E-state index in [-0.39, 0.29) is 0 Å². The molecule has 1 unspecified atom stereocenters. The summed E-state index contributed by atoms with van der Waals surface area (Å²) >= 11 is 5.48. The Bertz CT molecular complexity index is 331. The van der Waals surface area contributed by atoms with Crippen LogP contribution in [0.3, 0.4) is 0 Å². The van der Waals surface area contributed by atoms with E-state index >= 15 is 0 Å². The zero-order chi connectivity index (χ0) is 12.7. The Morgan fingerprint density at radius 3 is 2.71 bits per heavy atom. The van der Waals surface area contributed by atoms with Crippen molar-refractivity contribution in [2.24, 2.45) is 5.92 Å². The Kier molecular flexibility index (Phi) is 7.16. The van der Waals surface area contributed by atoms with Crippen LogP contribution >= 0.6 is 27.7 Å². The van der Waals surface area contributed by atoms with Crippen LogP contribution in [-0.4, -0.2) is 29.6 Å². The molecule has 1 heterocycles. The van der Waals surface area contributed by atoms with Gasteiger partial charge in [-0.3, -0.25) is 4.98 Å². The summed E-state index contributed by atoms with van der Waals surface area (Å²) in [7, 11) is 2.03. The molecule has 0 saturated heterocycles. The summed E-state index contributed by atoms with van der Waals surface area (Å²) in [5, 5.41) is 3.38. The maximum absolute atomic E-state index is 4.20. The third-order valence-electron chi connectivity index (χ3n) is 2.42. The molecule has 17 heavy (non-hydrogen) atoms. The molecule has 0 aromatic carbocycles. The average molecular weight is 317 g/mol. The topological polar surface area (TPSA) is 24.9 Å². The molecule has 0 aliphatic heterocycles. The summed E-state index contributed by atoms with van der Waals surface area (Å²) in [4.78, 5) is 4.20. The number of halogens is 1. The summed E-state index contributed by atoms with van der Waals surface area (Å²) in [5.41, 5.74) is 1.28. The monoisotopic (exact) mass is 316 g/mol. The van der Waals surface area contributed by atoms with Gasteiger partial charge in [-0.1, -0.05) is 13.8 Å². The Morgan fingerprint density at radius 2 is 2.12 bits per heavy atom. The van der Waals surface area contributed by atoms with Gasteiger partial charge in [0.25, 0.3) is 0 Å². The van der Waals surface area contributed by atoms with Gasteiger partial charge in [-0.2, -0.15) is 11.8 Å². The number of rotatable bonds is 7. The molecule has 96 valence electrons. The highest BCUT2D eigenvalue weighted by atomic mass is 79.9. The van der Waals surface area contributed by atoms with E-state index in [1.165, 1.54) is 11.3 Å². The minimum atomic E-state index is 0.523. The summed E-state index contributed by atoms with van der Waals surface area (Å²) in [6, 6.07) is 2.67. The molecule has 0 bridgehead atoms. The smallest absolute Gasteiger partial charge is 0.0410 e. The fourth-order valence-electron chi connectivity index (χ4n) is 1.54. The standard InChI is InChI=1S/C13H21BrN2S/c1-10(2)8-17-9-13(15-3)5-11-4-12(14)7-16-6-11/h4,6-7,10,13,15H,5,8-9H2,1-3H3. The van der Waals surface area contributed by atoms with E-state index in [1.54, 1.807) is 0 Å². The maximum Gasteiger partial charge on any atom is 0.0410 e. The van der Waals surface area contributed by atoms with E-state index in [0.717, 1.165) is 22.6 Å². The van der Waals surface area contributed by atoms with Crippen molar-refractivity contribution in [2.75, 3.05) is 18.6 Å². The maximum atomic E-state index is 4.20. The molecule has 1 aromatic rings. The fourth-order valence-corrected chi connectivity index (χ4v) is 3.13. The molecule has 0 saturated carbocycles. The highest BCUT2D eigenvalue weighted by Crippen LogP contribution is 2.14. The van der Waals surface area contributed by atoms with Crippen LogP contribution in [0.2, 0.25) is 0 Å². The Hall–Kier alpha value is -0.0600. The molecule has 1 rings (SSSR count). The number of hydrogen-bond donors (Lipinski definition) is 1. The lowest BCUT2D eigenvalue weighted by Gasteiger charge is -2.16. The number of hydrogen-bond acceptors (Lipinski definition) is 3. The van der Waals surface area contributed by atoms with Crippen LogP contribution in [0.1, 0.15) is 19.4 Å². The molecule has 1 atom stereocenters. The minimum absolute atomic E-state index is 0.523. The summed E-state index contributed by atoms with van der Waals surface area (Å²) in [5.74, 6) is 3.15. The molecule has 0 aliphatic rings. The van der Waals surface area contributed by atoms with Crippen molar-refractivity contribution in [3.05, 3.63) is 28.5 Å². The molecule has 0 spiro atoms. The number of aromatic nitrogens is 1. The van der Waals surface area contributed by atoms with Gasteiger partial charge in [0.05, 0.1) is 0 Å². The SMILES string of the molecule is CNC(CSCC(C)C)Cc1cncc(Br)c1. The lowest BCUT2D eigenvalue weighted by molar-refractivity contribution is 0.614. The van der Waals surface area contributed by atoms with Crippen LogP contribution in [0, 0.1) is 5.92 Å². The van der Waals surface area contributed by atoms with Gasteiger partial charge in [0.1, 0.15) is 0 Å². The van der Waals surface area contributed by atoms with Gasteiger partial charge >= 0.3 is 0 Å². The average Bonchev–Trinajstić information content (AvgIpc) is 2.27. The summed E-state index contributed by atoms with van der Waals surface area (Å²) < 4.78 is 1.06. The van der Waals surface area contributed by atoms with E-state index < -0.39 is 0 Å². The van der Waals surface area contributed by atoms with Gasteiger partial charge < -0.3 is 5.32 Å². The largest absolute Gasteiger partial charge is 0.316 e. The highest BCUT2D eigenvalue weighted by Gasteiger charge is 2.08. The molecule has 4 heteroatoms. The molecule has 1 N–H and O–H groups in total. The molecule has 0 radical (unpaired) electrons. The quantitative estimate of drug-likeness (QED) is 0.835. The van der Waals surface area contributed by atoms with Gasteiger partial charge in [-0.25, -0.2) is 0 Å². The van der Waals surface area contributed by atoms with Crippen molar-refractivity contribution in [3.63, 3.8) is 0 Å². The second kappa shape index (κ2) is 8.11. The van der Waals surface area contributed by atoms with Crippen molar-refractivity contribution in [1.82, 2.24) is 10.3 Å². The Labute approximate surface area is 117 Å². The summed E-state index contributed by atoms with van der Waals surface area (Å²) in [6.07, 6.45) is 4.81. The highest BCUT2D eigenvalue weighted by molar-refractivity contribution is 9.10. The molecule has 0 aliphatic carbocycles. The molecule has 1 aromatic heterocycles. The van der Waals surface area contributed by atoms with Gasteiger partial charge in [-0.15, -0.1) is 0 Å². The first-order valence-electron chi connectivity index (χ1n) is 5.96. The first kappa shape index (κ1) is 15.0. The summed E-state index contributed by atoms with van der Waals surface area (Å²) in [6.45, 7) is 4.53. The Morgan fingerprint density at radius 1 is 1.35 bits per heavy atom. The van der Waals surface area contributed by atoms with Crippen molar-refractivity contribution in [1.29, 1.82) is 0 Å². The van der Waals surface area contributed by atoms with E-state index in [9.17, 15) is 0 Å². The molecular formula is C13H21BrN2S. The molecule has 0 fully saturated rings. The third-order valence-corrected chi connectivity index (χ3v) is 4.40. The number of pyridine rings is 1. The first-order chi connectivity index (χ1) is 8.11. The van der Waals surface area contributed by atoms with Gasteiger partial charge in [0.2, 0.25) is 0 Å². The fraction of sp³-hybridized carbons (Fsp3) is 0.615. The predicted molar refractivity (Wildman–Crippen MR) is 80.7 cm³/mol. The number of nitrogens with one attached hydrogen (secondary N) is 1. The second-order valence-corrected chi connectivity index (χ2v) is 6.62. The molecular weight excluding hydrogens is 296 g/mol. The van der Waals surface area contributed by atoms with Crippen LogP contribution in [-0.2, 0) is 6.42 Å². The van der Waals surface area contributed by atoms with Crippen LogP contribution < -0.4 is 5.32 Å². The van der Waals surface area contributed by atoms with E-state index in [4.69, 9.17) is 0 Å². The third kappa shape index (κ3) is 6.43. The van der Waals surface area contributed by atoms with Gasteiger partial charge in [-0.05, 0) is 52.7 Å². The van der Waals surface area contributed by atoms with E-state index in [1.807, 2.05) is 31.2 Å². The van der Waals surface area contributed by atoms with Crippen molar-refractivity contribution < 1.29 is 0 Å². The van der Waals surface area contributed by atoms with E-state index in [2.05, 4.69) is 46.1 Å². The Balaban J connectivity index is 2.41. The van der Waals surface area contributed by atoms with Crippen LogP contribution in [0.4, 0.5) is 0 Å². The number of thioether (sulfide) groups is 1. The normalized spacial score (nSPS) is 13.0. The van der Waals surface area contributed by atoms with E-state index in [0.29, 0.717) is 6.04 Å². The van der Waals surface area contributed by atoms with Crippen molar-refractivity contribution in [3.8, 4) is 0 Å². The van der Waals surface area contributed by atoms with Crippen LogP contribution in [0.25, 0.3) is 0 Å². The zero-order valence-electron chi connectivity index (χ0n) is 10.7. The predicted octanol–water partition coefficient (Wildman–Crippen LogP) is 3.36. The lowest BCUT2D eigenvalue weighted by atomic mass is 10.1. The molecule has 0 amide bonds. The first-order valence-corrected chi connectivity index (χ1v) is 7.91. The second-order valence-electron chi connectivity index (χ2n) is 4.63. The zero-order valence-corrected chi connectivity index (χ0v) is 13.1. The van der Waals surface area contributed by atoms with Crippen molar-refractivity contribution in [2.45, 2.75) is 26.3 Å². The molecule has 2 nitrogen and oxygen atoms in total. The number of nitrogens with zero attached hydrogens (tertiary/aromatic N) is 1. The van der Waals surface area contributed by atoms with Gasteiger partial charge in [0, 0.05) is 28.7 Å². The van der Waals surface area contributed by atoms with Crippen molar-refractivity contribution >= 4 is 27.7 Å². The lowest BCUT2D eigenvalue weighted by Crippen LogP contribution is -2.30. The number of likely N-dealkylation sites (N-methyl/N-ethyl adjacent to an activating group) is 1.